The Labute approximate surface area is 180 Å². The van der Waals surface area contributed by atoms with Gasteiger partial charge in [-0.25, -0.2) is 14.0 Å². The number of urea groups is 1. The van der Waals surface area contributed by atoms with Gasteiger partial charge in [-0.1, -0.05) is 31.2 Å². The normalized spacial score (nSPS) is 15.7. The molecule has 1 aliphatic heterocycles. The summed E-state index contributed by atoms with van der Waals surface area (Å²) in [5, 5.41) is 5.42. The summed E-state index contributed by atoms with van der Waals surface area (Å²) >= 11 is 0. The highest BCUT2D eigenvalue weighted by atomic mass is 19.1. The number of rotatable bonds is 8. The Bertz CT molecular complexity index is 1010. The summed E-state index contributed by atoms with van der Waals surface area (Å²) in [6.07, 6.45) is 0.455. The summed E-state index contributed by atoms with van der Waals surface area (Å²) in [4.78, 5) is 24.6. The van der Waals surface area contributed by atoms with Gasteiger partial charge in [0.1, 0.15) is 12.4 Å². The molecular formula is C23H25FN2O5. The Morgan fingerprint density at radius 3 is 2.55 bits per heavy atom. The molecule has 0 saturated heterocycles. The number of carbonyl (C=O) groups is 2. The first-order valence-corrected chi connectivity index (χ1v) is 10.00. The van der Waals surface area contributed by atoms with E-state index >= 15 is 0 Å². The second-order valence-electron chi connectivity index (χ2n) is 6.79. The summed E-state index contributed by atoms with van der Waals surface area (Å²) in [6.45, 7) is 4.07. The number of amides is 2. The minimum atomic E-state index is -0.712. The standard InChI is InChI=1S/C23H25FN2O5/c1-4-17-20(22(27)29-3)21(26-23(28)25-17)14-10-11-18(19(12-14)30-5-2)31-13-15-8-6-7-9-16(15)24/h6-12,21H,4-5,13H2,1-3H3,(H2,25,26,28). The second-order valence-corrected chi connectivity index (χ2v) is 6.79. The van der Waals surface area contributed by atoms with E-state index in [9.17, 15) is 14.0 Å². The molecule has 2 aromatic carbocycles. The largest absolute Gasteiger partial charge is 0.490 e. The summed E-state index contributed by atoms with van der Waals surface area (Å²) in [6, 6.07) is 10.4. The molecule has 0 aliphatic carbocycles. The Kier molecular flexibility index (Phi) is 7.12. The highest BCUT2D eigenvalue weighted by molar-refractivity contribution is 5.95. The molecule has 0 aromatic heterocycles. The van der Waals surface area contributed by atoms with E-state index in [-0.39, 0.29) is 12.4 Å². The molecule has 3 rings (SSSR count). The van der Waals surface area contributed by atoms with Crippen LogP contribution in [0.5, 0.6) is 11.5 Å². The van der Waals surface area contributed by atoms with Gasteiger partial charge in [-0.2, -0.15) is 0 Å². The number of hydrogen-bond acceptors (Lipinski definition) is 5. The average Bonchev–Trinajstić information content (AvgIpc) is 2.78. The number of benzene rings is 2. The molecule has 1 heterocycles. The number of methoxy groups -OCH3 is 1. The molecule has 0 radical (unpaired) electrons. The zero-order valence-electron chi connectivity index (χ0n) is 17.7. The third-order valence-corrected chi connectivity index (χ3v) is 4.85. The van der Waals surface area contributed by atoms with Crippen LogP contribution in [0.4, 0.5) is 9.18 Å². The second kappa shape index (κ2) is 9.97. The van der Waals surface area contributed by atoms with Crippen molar-refractivity contribution < 1.29 is 28.2 Å². The minimum absolute atomic E-state index is 0.0312. The molecule has 0 spiro atoms. The monoisotopic (exact) mass is 428 g/mol. The van der Waals surface area contributed by atoms with Gasteiger partial charge in [0.25, 0.3) is 0 Å². The first kappa shape index (κ1) is 22.1. The molecule has 1 atom stereocenters. The topological polar surface area (TPSA) is 85.9 Å². The van der Waals surface area contributed by atoms with E-state index in [0.717, 1.165) is 0 Å². The highest BCUT2D eigenvalue weighted by Gasteiger charge is 2.33. The molecule has 7 nitrogen and oxygen atoms in total. The van der Waals surface area contributed by atoms with Crippen molar-refractivity contribution in [1.29, 1.82) is 0 Å². The highest BCUT2D eigenvalue weighted by Crippen LogP contribution is 2.35. The van der Waals surface area contributed by atoms with E-state index in [2.05, 4.69) is 10.6 Å². The fraction of sp³-hybridized carbons (Fsp3) is 0.304. The maximum Gasteiger partial charge on any atom is 0.337 e. The van der Waals surface area contributed by atoms with E-state index in [4.69, 9.17) is 14.2 Å². The van der Waals surface area contributed by atoms with Gasteiger partial charge in [-0.15, -0.1) is 0 Å². The zero-order valence-corrected chi connectivity index (χ0v) is 17.7. The van der Waals surface area contributed by atoms with Crippen LogP contribution >= 0.6 is 0 Å². The van der Waals surface area contributed by atoms with Crippen molar-refractivity contribution in [2.45, 2.75) is 32.9 Å². The van der Waals surface area contributed by atoms with Crippen molar-refractivity contribution in [3.05, 3.63) is 70.7 Å². The van der Waals surface area contributed by atoms with Crippen molar-refractivity contribution in [3.8, 4) is 11.5 Å². The SMILES string of the molecule is CCOc1cc(C2NC(=O)NC(CC)=C2C(=O)OC)ccc1OCc1ccccc1F. The first-order valence-electron chi connectivity index (χ1n) is 10.00. The van der Waals surface area contributed by atoms with Gasteiger partial charge < -0.3 is 24.8 Å². The molecule has 0 saturated carbocycles. The average molecular weight is 428 g/mol. The van der Waals surface area contributed by atoms with E-state index in [1.807, 2.05) is 13.8 Å². The molecule has 2 amide bonds. The third-order valence-electron chi connectivity index (χ3n) is 4.85. The lowest BCUT2D eigenvalue weighted by atomic mass is 9.94. The third kappa shape index (κ3) is 4.96. The van der Waals surface area contributed by atoms with Crippen molar-refractivity contribution in [3.63, 3.8) is 0 Å². The minimum Gasteiger partial charge on any atom is -0.490 e. The van der Waals surface area contributed by atoms with Crippen molar-refractivity contribution in [1.82, 2.24) is 10.6 Å². The fourth-order valence-electron chi connectivity index (χ4n) is 3.36. The molecule has 8 heteroatoms. The molecule has 0 fully saturated rings. The van der Waals surface area contributed by atoms with Crippen LogP contribution in [-0.2, 0) is 16.1 Å². The lowest BCUT2D eigenvalue weighted by Gasteiger charge is -2.29. The molecule has 0 bridgehead atoms. The van der Waals surface area contributed by atoms with Crippen molar-refractivity contribution in [2.24, 2.45) is 0 Å². The van der Waals surface area contributed by atoms with E-state index in [0.29, 0.717) is 46.9 Å². The number of nitrogens with one attached hydrogen (secondary N) is 2. The first-order chi connectivity index (χ1) is 15.0. The summed E-state index contributed by atoms with van der Waals surface area (Å²) in [7, 11) is 1.29. The summed E-state index contributed by atoms with van der Waals surface area (Å²) in [5.41, 5.74) is 1.87. The van der Waals surface area contributed by atoms with Crippen LogP contribution in [0, 0.1) is 5.82 Å². The maximum atomic E-state index is 13.9. The quantitative estimate of drug-likeness (QED) is 0.621. The van der Waals surface area contributed by atoms with Gasteiger partial charge in [0.2, 0.25) is 0 Å². The zero-order chi connectivity index (χ0) is 22.4. The van der Waals surface area contributed by atoms with E-state index in [1.165, 1.54) is 13.2 Å². The number of carbonyl (C=O) groups excluding carboxylic acids is 2. The predicted molar refractivity (Wildman–Crippen MR) is 112 cm³/mol. The molecule has 31 heavy (non-hydrogen) atoms. The van der Waals surface area contributed by atoms with Crippen LogP contribution < -0.4 is 20.1 Å². The number of esters is 1. The van der Waals surface area contributed by atoms with E-state index < -0.39 is 18.0 Å². The molecular weight excluding hydrogens is 403 g/mol. The molecule has 1 aliphatic rings. The number of allylic oxidation sites excluding steroid dienone is 1. The maximum absolute atomic E-state index is 13.9. The van der Waals surface area contributed by atoms with Gasteiger partial charge in [0.05, 0.1) is 25.3 Å². The lowest BCUT2D eigenvalue weighted by molar-refractivity contribution is -0.136. The van der Waals surface area contributed by atoms with Crippen LogP contribution in [0.2, 0.25) is 0 Å². The Balaban J connectivity index is 1.94. The predicted octanol–water partition coefficient (Wildman–Crippen LogP) is 3.99. The van der Waals surface area contributed by atoms with Gasteiger partial charge in [-0.3, -0.25) is 0 Å². The van der Waals surface area contributed by atoms with Gasteiger partial charge in [-0.05, 0) is 37.1 Å². The van der Waals surface area contributed by atoms with Gasteiger partial charge >= 0.3 is 12.0 Å². The molecule has 1 unspecified atom stereocenters. The number of hydrogen-bond donors (Lipinski definition) is 2. The Morgan fingerprint density at radius 2 is 1.87 bits per heavy atom. The van der Waals surface area contributed by atoms with Crippen molar-refractivity contribution in [2.75, 3.05) is 13.7 Å². The summed E-state index contributed by atoms with van der Waals surface area (Å²) < 4.78 is 30.3. The number of ether oxygens (including phenoxy) is 3. The molecule has 2 aromatic rings. The van der Waals surface area contributed by atoms with Crippen LogP contribution in [0.1, 0.15) is 37.4 Å². The number of halogens is 1. The Morgan fingerprint density at radius 1 is 1.10 bits per heavy atom. The van der Waals surface area contributed by atoms with Crippen LogP contribution in [0.3, 0.4) is 0 Å². The van der Waals surface area contributed by atoms with Crippen LogP contribution in [0.15, 0.2) is 53.7 Å². The van der Waals surface area contributed by atoms with E-state index in [1.54, 1.807) is 36.4 Å². The fourth-order valence-corrected chi connectivity index (χ4v) is 3.36. The Hall–Kier alpha value is -3.55. The lowest BCUT2D eigenvalue weighted by Crippen LogP contribution is -2.45. The van der Waals surface area contributed by atoms with Crippen LogP contribution in [0.25, 0.3) is 0 Å². The van der Waals surface area contributed by atoms with Gasteiger partial charge in [0.15, 0.2) is 11.5 Å². The molecule has 164 valence electrons. The van der Waals surface area contributed by atoms with Gasteiger partial charge in [0, 0.05) is 11.3 Å². The molecule has 2 N–H and O–H groups in total. The summed E-state index contributed by atoms with van der Waals surface area (Å²) in [5.74, 6) is -0.0403. The smallest absolute Gasteiger partial charge is 0.337 e. The van der Waals surface area contributed by atoms with Crippen LogP contribution in [-0.4, -0.2) is 25.7 Å². The van der Waals surface area contributed by atoms with Crippen molar-refractivity contribution >= 4 is 12.0 Å².